The van der Waals surface area contributed by atoms with E-state index in [1.54, 1.807) is 0 Å². The Hall–Kier alpha value is 1.60. The van der Waals surface area contributed by atoms with Crippen molar-refractivity contribution in [1.82, 2.24) is 0 Å². The first kappa shape index (κ1) is 12.3. The van der Waals surface area contributed by atoms with Crippen LogP contribution in [-0.2, 0) is 0 Å². The van der Waals surface area contributed by atoms with Crippen molar-refractivity contribution in [2.45, 2.75) is 33.1 Å². The summed E-state index contributed by atoms with van der Waals surface area (Å²) in [6.45, 7) is 4.32. The van der Waals surface area contributed by atoms with Gasteiger partial charge in [0.2, 0.25) is 1.43 Å². The summed E-state index contributed by atoms with van der Waals surface area (Å²) in [4.78, 5) is 0. The van der Waals surface area contributed by atoms with Gasteiger partial charge in [-0.2, -0.15) is 13.3 Å². The van der Waals surface area contributed by atoms with Crippen molar-refractivity contribution in [1.29, 1.82) is 0 Å². The van der Waals surface area contributed by atoms with E-state index in [1.165, 1.54) is 19.3 Å². The maximum atomic E-state index is 6.25. The van der Waals surface area contributed by atoms with Crippen molar-refractivity contribution in [3.63, 3.8) is 0 Å². The van der Waals surface area contributed by atoms with E-state index in [0.717, 1.165) is 0 Å². The van der Waals surface area contributed by atoms with Crippen LogP contribution in [0.5, 0.6) is 0 Å². The van der Waals surface area contributed by atoms with Crippen LogP contribution in [0.1, 0.15) is 34.5 Å². The summed E-state index contributed by atoms with van der Waals surface area (Å²) < 4.78 is 4.75. The van der Waals surface area contributed by atoms with E-state index in [9.17, 15) is 0 Å². The first-order valence-corrected chi connectivity index (χ1v) is 2.69. The van der Waals surface area contributed by atoms with E-state index >= 15 is 0 Å². The second-order valence-corrected chi connectivity index (χ2v) is 1.55. The van der Waals surface area contributed by atoms with Crippen molar-refractivity contribution in [2.24, 2.45) is 0 Å². The zero-order valence-electron chi connectivity index (χ0n) is 7.15. The molecule has 1 nitrogen and oxygen atoms in total. The Labute approximate surface area is 96.5 Å². The van der Waals surface area contributed by atoms with Gasteiger partial charge < -0.3 is 11.9 Å². The average Bonchev–Trinajstić information content (AvgIpc) is 1.88. The minimum Gasteiger partial charge on any atom is -0.412 e. The van der Waals surface area contributed by atoms with Crippen molar-refractivity contribution >= 4 is 0 Å². The SMILES string of the molecule is C[CH-]CCCC.[2H]O.[K+]. The van der Waals surface area contributed by atoms with Gasteiger partial charge in [0.25, 0.3) is 0 Å². The molecular weight excluding hydrogens is 127 g/mol. The zero-order chi connectivity index (χ0) is 6.83. The summed E-state index contributed by atoms with van der Waals surface area (Å²) in [6.07, 6.45) is 6.18. The van der Waals surface area contributed by atoms with Crippen LogP contribution >= 0.6 is 0 Å². The molecule has 2 N–H and O–H groups in total. The van der Waals surface area contributed by atoms with Gasteiger partial charge in [0.15, 0.2) is 0 Å². The molecule has 0 aliphatic carbocycles. The van der Waals surface area contributed by atoms with E-state index in [2.05, 4.69) is 20.3 Å². The Morgan fingerprint density at radius 1 is 1.62 bits per heavy atom. The Bertz CT molecular complexity index is 25.0. The predicted octanol–water partition coefficient (Wildman–Crippen LogP) is -1.42. The molecule has 0 bridgehead atoms. The van der Waals surface area contributed by atoms with Gasteiger partial charge in [-0.15, -0.1) is 0 Å². The molecule has 0 atom stereocenters. The molecule has 0 spiro atoms. The minimum absolute atomic E-state index is 0. The fourth-order valence-corrected chi connectivity index (χ4v) is 0.408. The molecule has 0 heterocycles. The predicted molar refractivity (Wildman–Crippen MR) is 33.1 cm³/mol. The van der Waals surface area contributed by atoms with E-state index in [0.29, 0.717) is 0 Å². The van der Waals surface area contributed by atoms with Gasteiger partial charge in [0.05, 0.1) is 0 Å². The normalized spacial score (nSPS) is 7.62. The largest absolute Gasteiger partial charge is 1.00 e. The van der Waals surface area contributed by atoms with Crippen LogP contribution in [0.25, 0.3) is 0 Å². The van der Waals surface area contributed by atoms with Gasteiger partial charge in [0, 0.05) is 0 Å². The van der Waals surface area contributed by atoms with E-state index in [1.807, 2.05) is 0 Å². The van der Waals surface area contributed by atoms with Crippen LogP contribution in [-0.4, -0.2) is 5.48 Å². The molecule has 0 aliphatic rings. The quantitative estimate of drug-likeness (QED) is 0.264. The van der Waals surface area contributed by atoms with Gasteiger partial charge in [-0.25, -0.2) is 0 Å². The smallest absolute Gasteiger partial charge is 0.412 e. The van der Waals surface area contributed by atoms with Gasteiger partial charge in [-0.05, 0) is 0 Å². The van der Waals surface area contributed by atoms with Crippen LogP contribution in [0, 0.1) is 6.42 Å². The van der Waals surface area contributed by atoms with Crippen molar-refractivity contribution < 1.29 is 58.3 Å². The van der Waals surface area contributed by atoms with Crippen LogP contribution in [0.2, 0.25) is 0 Å². The van der Waals surface area contributed by atoms with Gasteiger partial charge in [-0.1, -0.05) is 19.8 Å². The van der Waals surface area contributed by atoms with E-state index < -0.39 is 0 Å². The molecule has 0 aromatic rings. The van der Waals surface area contributed by atoms with Crippen molar-refractivity contribution in [3.05, 3.63) is 6.42 Å². The first-order chi connectivity index (χ1) is 3.91. The summed E-state index contributed by atoms with van der Waals surface area (Å²) in [5.41, 5.74) is 6.25. The molecule has 0 saturated carbocycles. The number of rotatable bonds is 3. The van der Waals surface area contributed by atoms with Crippen LogP contribution in [0.3, 0.4) is 0 Å². The molecule has 0 aromatic carbocycles. The van der Waals surface area contributed by atoms with Gasteiger partial charge >= 0.3 is 51.4 Å². The molecule has 0 fully saturated rings. The molecule has 0 saturated heterocycles. The molecule has 0 unspecified atom stereocenters. The molecular formula is C6H15KO. The molecule has 8 heavy (non-hydrogen) atoms. The van der Waals surface area contributed by atoms with Crippen molar-refractivity contribution in [3.8, 4) is 0 Å². The molecule has 0 aliphatic heterocycles. The van der Waals surface area contributed by atoms with Gasteiger partial charge in [0.1, 0.15) is 0 Å². The maximum absolute atomic E-state index is 6.25. The minimum atomic E-state index is 0. The summed E-state index contributed by atoms with van der Waals surface area (Å²) in [5, 5.41) is 0. The fraction of sp³-hybridized carbons (Fsp3) is 0.833. The molecule has 46 valence electrons. The third-order valence-electron chi connectivity index (χ3n) is 0.846. The van der Waals surface area contributed by atoms with Crippen molar-refractivity contribution in [2.75, 3.05) is 0 Å². The molecule has 0 radical (unpaired) electrons. The summed E-state index contributed by atoms with van der Waals surface area (Å²) in [5.74, 6) is 0. The molecule has 0 aromatic heterocycles. The maximum Gasteiger partial charge on any atom is 1.00 e. The summed E-state index contributed by atoms with van der Waals surface area (Å²) in [6, 6.07) is 0. The average molecular weight is 143 g/mol. The van der Waals surface area contributed by atoms with E-state index in [-0.39, 0.29) is 51.4 Å². The zero-order valence-corrected chi connectivity index (χ0v) is 9.27. The van der Waals surface area contributed by atoms with Crippen LogP contribution in [0.15, 0.2) is 0 Å². The van der Waals surface area contributed by atoms with Gasteiger partial charge in [-0.3, -0.25) is 0 Å². The Morgan fingerprint density at radius 3 is 2.25 bits per heavy atom. The number of hydrogen-bond donors (Lipinski definition) is 0. The summed E-state index contributed by atoms with van der Waals surface area (Å²) >= 11 is 0. The second-order valence-electron chi connectivity index (χ2n) is 1.55. The van der Waals surface area contributed by atoms with E-state index in [4.69, 9.17) is 6.91 Å². The fourth-order valence-electron chi connectivity index (χ4n) is 0.408. The topological polar surface area (TPSA) is 31.5 Å². The molecule has 0 amide bonds. The summed E-state index contributed by atoms with van der Waals surface area (Å²) in [7, 11) is 0. The van der Waals surface area contributed by atoms with Crippen LogP contribution in [0.4, 0.5) is 0 Å². The molecule has 0 rings (SSSR count). The third kappa shape index (κ3) is 15.6. The Morgan fingerprint density at radius 2 is 2.12 bits per heavy atom. The Kier molecular flexibility index (Phi) is 24.3. The third-order valence-corrected chi connectivity index (χ3v) is 0.846. The molecule has 2 heteroatoms. The Balaban J connectivity index is -0.000000109. The first-order valence-electron chi connectivity index (χ1n) is 3.14. The number of hydrogen-bond acceptors (Lipinski definition) is 0. The standard InChI is InChI=1S/C6H13.K.H2O/c1-3-5-6-4-2;;/h3H,4-6H2,1-2H3;;1H2/q-1;+1;/i/hD. The van der Waals surface area contributed by atoms with Crippen LogP contribution < -0.4 is 51.4 Å². The second kappa shape index (κ2) is 15.8. The number of unbranched alkanes of at least 4 members (excludes halogenated alkanes) is 3. The monoisotopic (exact) mass is 143 g/mol.